The van der Waals surface area contributed by atoms with Crippen molar-refractivity contribution in [1.29, 1.82) is 0 Å². The van der Waals surface area contributed by atoms with Crippen molar-refractivity contribution >= 4 is 62.0 Å². The molecule has 10 nitrogen and oxygen atoms in total. The van der Waals surface area contributed by atoms with E-state index in [0.717, 1.165) is 48.2 Å². The van der Waals surface area contributed by atoms with E-state index < -0.39 is 0 Å². The van der Waals surface area contributed by atoms with E-state index >= 15 is 0 Å². The summed E-state index contributed by atoms with van der Waals surface area (Å²) in [6.45, 7) is 11.9. The number of nitrogens with one attached hydrogen (secondary N) is 2. The molecular formula is C65H71N6O4+. The van der Waals surface area contributed by atoms with Gasteiger partial charge in [0.25, 0.3) is 0 Å². The van der Waals surface area contributed by atoms with Gasteiger partial charge >= 0.3 is 0 Å². The largest absolute Gasteiger partial charge is 0.378 e. The number of hydrogen-bond donors (Lipinski definition) is 3. The zero-order valence-corrected chi connectivity index (χ0v) is 44.3. The molecule has 6 aromatic carbocycles. The van der Waals surface area contributed by atoms with Crippen LogP contribution in [0.25, 0.3) is 21.5 Å². The number of unbranched alkanes of at least 4 members (excludes halogenated alkanes) is 2. The van der Waals surface area contributed by atoms with Gasteiger partial charge in [0.05, 0.1) is 30.9 Å². The van der Waals surface area contributed by atoms with Crippen molar-refractivity contribution in [3.05, 3.63) is 197 Å². The fourth-order valence-electron chi connectivity index (χ4n) is 11.1. The summed E-state index contributed by atoms with van der Waals surface area (Å²) < 4.78 is 8.02. The molecule has 0 atom stereocenters. The van der Waals surface area contributed by atoms with E-state index in [1.807, 2.05) is 48.5 Å². The molecule has 3 aliphatic heterocycles. The van der Waals surface area contributed by atoms with Crippen molar-refractivity contribution in [2.45, 2.75) is 83.6 Å². The third-order valence-corrected chi connectivity index (χ3v) is 14.8. The molecule has 0 aromatic heterocycles. The second-order valence-corrected chi connectivity index (χ2v) is 20.4. The summed E-state index contributed by atoms with van der Waals surface area (Å²) in [5, 5.41) is 10.9. The van der Waals surface area contributed by atoms with Gasteiger partial charge in [-0.25, -0.2) is 0 Å². The van der Waals surface area contributed by atoms with Gasteiger partial charge in [-0.1, -0.05) is 147 Å². The monoisotopic (exact) mass is 1000 g/mol. The number of carbonyl (C=O) groups is 3. The van der Waals surface area contributed by atoms with Crippen molar-refractivity contribution < 1.29 is 23.7 Å². The number of amides is 3. The normalized spacial score (nSPS) is 15.6. The average molecular weight is 1000 g/mol. The Morgan fingerprint density at radius 1 is 0.627 bits per heavy atom. The number of fused-ring (bicyclic) bond motifs is 8. The molecule has 3 aliphatic rings. The maximum atomic E-state index is 13.5. The highest BCUT2D eigenvalue weighted by molar-refractivity contribution is 6.07. The Hall–Kier alpha value is -7.84. The van der Waals surface area contributed by atoms with Crippen LogP contribution in [-0.4, -0.2) is 67.9 Å². The second kappa shape index (κ2) is 24.0. The molecule has 0 fully saturated rings. The lowest BCUT2D eigenvalue weighted by molar-refractivity contribution is -0.401. The summed E-state index contributed by atoms with van der Waals surface area (Å²) in [6, 6.07) is 41.8. The molecule has 0 aliphatic carbocycles. The van der Waals surface area contributed by atoms with Gasteiger partial charge in [-0.2, -0.15) is 4.58 Å². The van der Waals surface area contributed by atoms with E-state index in [-0.39, 0.29) is 47.5 Å². The highest BCUT2D eigenvalue weighted by Gasteiger charge is 2.44. The van der Waals surface area contributed by atoms with Crippen LogP contribution < -0.4 is 26.6 Å². The quantitative estimate of drug-likeness (QED) is 0.0321. The Balaban J connectivity index is 0.00000747. The number of ether oxygens (including phenoxy) is 1. The van der Waals surface area contributed by atoms with E-state index in [2.05, 4.69) is 182 Å². The summed E-state index contributed by atoms with van der Waals surface area (Å²) in [4.78, 5) is 43.2. The molecule has 3 amide bonds. The van der Waals surface area contributed by atoms with Crippen LogP contribution in [0.3, 0.4) is 0 Å². The fraction of sp³-hybridized carbons (Fsp3) is 0.292. The van der Waals surface area contributed by atoms with Crippen LogP contribution >= 0.6 is 0 Å². The second-order valence-electron chi connectivity index (χ2n) is 20.4. The first-order valence-corrected chi connectivity index (χ1v) is 26.2. The molecule has 0 radical (unpaired) electrons. The Kier molecular flexibility index (Phi) is 17.1. The minimum atomic E-state index is -0.212. The molecule has 0 saturated heterocycles. The lowest BCUT2D eigenvalue weighted by Crippen LogP contribution is -2.34. The van der Waals surface area contributed by atoms with Crippen LogP contribution in [0.2, 0.25) is 0 Å². The van der Waals surface area contributed by atoms with Gasteiger partial charge < -0.3 is 31.3 Å². The number of carbonyl (C=O) groups excluding carboxylic acids is 3. The lowest BCUT2D eigenvalue weighted by atomic mass is 9.79. The number of nitrogens with zero attached hydrogens (tertiary/aromatic N) is 3. The third kappa shape index (κ3) is 11.8. The van der Waals surface area contributed by atoms with E-state index in [1.165, 1.54) is 55.5 Å². The molecular weight excluding hydrogens is 929 g/mol. The summed E-state index contributed by atoms with van der Waals surface area (Å²) in [6.07, 6.45) is 18.4. The van der Waals surface area contributed by atoms with Gasteiger partial charge in [-0.3, -0.25) is 14.4 Å². The minimum absolute atomic E-state index is 0. The fourth-order valence-corrected chi connectivity index (χ4v) is 11.1. The van der Waals surface area contributed by atoms with E-state index in [4.69, 9.17) is 4.74 Å². The standard InChI is InChI=1S/C65H67N5O4.H3N/c1-64(2)57(68(5)55-37-35-48-23-15-18-27-52(48)62(55)64)30-10-7-6-8-11-31-58-65(3,4)63-53-28-19-16-24-49(53)36-38-56(63)69(58)43-21-9-12-32-59(71)66-41-44-74-45-42-67-60(72)39-40-61(73)70-46-51-26-14-13-22-47(51)33-34-50-25-17-20-29-54(50)70;/h6-8,10-11,13-20,22-31,35-38H,9,12,21,32,39-46H2,1-5H3,(H-,66,67,71,72);1H3/p+1. The van der Waals surface area contributed by atoms with Gasteiger partial charge in [-0.15, -0.1) is 0 Å². The molecule has 0 bridgehead atoms. The van der Waals surface area contributed by atoms with Crippen LogP contribution in [0, 0.1) is 11.8 Å². The predicted molar refractivity (Wildman–Crippen MR) is 307 cm³/mol. The molecule has 0 unspecified atom stereocenters. The van der Waals surface area contributed by atoms with Crippen LogP contribution in [0.15, 0.2) is 170 Å². The van der Waals surface area contributed by atoms with E-state index in [9.17, 15) is 14.4 Å². The summed E-state index contributed by atoms with van der Waals surface area (Å²) in [7, 11) is 2.17. The van der Waals surface area contributed by atoms with Crippen molar-refractivity contribution in [1.82, 2.24) is 16.8 Å². The SMILES string of the molecule is C[N+]1=C(/C=C/C=C/C=C/C=C2\N(CCCCCC(=O)NCCOCCNC(=O)CCC(=O)N3Cc4ccccc4C#Cc4ccccc43)c3ccc4ccccc4c3C2(C)C)C(C)(C)c2c1ccc1ccccc21.N. The molecule has 0 saturated carbocycles. The molecule has 5 N–H and O–H groups in total. The summed E-state index contributed by atoms with van der Waals surface area (Å²) in [5.41, 5.74) is 10.8. The van der Waals surface area contributed by atoms with E-state index in [0.29, 0.717) is 39.3 Å². The smallest absolute Gasteiger partial charge is 0.227 e. The van der Waals surface area contributed by atoms with Gasteiger partial charge in [0.15, 0.2) is 5.71 Å². The molecule has 3 heterocycles. The zero-order chi connectivity index (χ0) is 51.7. The zero-order valence-electron chi connectivity index (χ0n) is 44.3. The van der Waals surface area contributed by atoms with Gasteiger partial charge in [-0.05, 0) is 95.8 Å². The van der Waals surface area contributed by atoms with Gasteiger partial charge in [0.2, 0.25) is 23.4 Å². The maximum Gasteiger partial charge on any atom is 0.227 e. The summed E-state index contributed by atoms with van der Waals surface area (Å²) in [5.74, 6) is 6.10. The van der Waals surface area contributed by atoms with Crippen molar-refractivity contribution in [3.8, 4) is 11.8 Å². The highest BCUT2D eigenvalue weighted by atomic mass is 16.5. The first-order valence-electron chi connectivity index (χ1n) is 26.2. The van der Waals surface area contributed by atoms with Crippen molar-refractivity contribution in [2.75, 3.05) is 49.7 Å². The number of rotatable bonds is 19. The Morgan fingerprint density at radius 3 is 2.00 bits per heavy atom. The molecule has 9 rings (SSSR count). The molecule has 0 spiro atoms. The Bertz CT molecular complexity index is 3330. The molecule has 384 valence electrons. The van der Waals surface area contributed by atoms with E-state index in [1.54, 1.807) is 4.90 Å². The number of hydrogen-bond acceptors (Lipinski definition) is 6. The first-order chi connectivity index (χ1) is 35.9. The van der Waals surface area contributed by atoms with Gasteiger partial charge in [0.1, 0.15) is 7.05 Å². The number of benzene rings is 6. The van der Waals surface area contributed by atoms with Crippen LogP contribution in [0.1, 0.15) is 94.0 Å². The molecule has 10 heteroatoms. The molecule has 6 aromatic rings. The highest BCUT2D eigenvalue weighted by Crippen LogP contribution is 2.51. The lowest BCUT2D eigenvalue weighted by Gasteiger charge is -2.27. The Labute approximate surface area is 443 Å². The molecule has 75 heavy (non-hydrogen) atoms. The predicted octanol–water partition coefficient (Wildman–Crippen LogP) is 12.0. The minimum Gasteiger partial charge on any atom is -0.378 e. The van der Waals surface area contributed by atoms with Gasteiger partial charge in [0, 0.05) is 84.5 Å². The van der Waals surface area contributed by atoms with Crippen LogP contribution in [-0.2, 0) is 36.5 Å². The third-order valence-electron chi connectivity index (χ3n) is 14.8. The number of anilines is 2. The number of allylic oxidation sites excluding steroid dienone is 8. The van der Waals surface area contributed by atoms with Crippen molar-refractivity contribution in [2.24, 2.45) is 0 Å². The maximum absolute atomic E-state index is 13.5. The topological polar surface area (TPSA) is 129 Å². The van der Waals surface area contributed by atoms with Crippen LogP contribution in [0.4, 0.5) is 17.1 Å². The van der Waals surface area contributed by atoms with Crippen LogP contribution in [0.5, 0.6) is 0 Å². The number of para-hydroxylation sites is 1. The first kappa shape index (κ1) is 53.5. The summed E-state index contributed by atoms with van der Waals surface area (Å²) >= 11 is 0. The average Bonchev–Trinajstić information content (AvgIpc) is 3.74. The Morgan fingerprint density at radius 2 is 1.24 bits per heavy atom. The van der Waals surface area contributed by atoms with Crippen molar-refractivity contribution in [3.63, 3.8) is 0 Å².